The minimum absolute atomic E-state index is 0.281. The third kappa shape index (κ3) is 2.51. The molecule has 2 aromatic rings. The fourth-order valence-corrected chi connectivity index (χ4v) is 3.38. The predicted molar refractivity (Wildman–Crippen MR) is 84.6 cm³/mol. The summed E-state index contributed by atoms with van der Waals surface area (Å²) < 4.78 is 0. The Morgan fingerprint density at radius 3 is 2.45 bits per heavy atom. The van der Waals surface area contributed by atoms with Crippen molar-refractivity contribution in [3.05, 3.63) is 71.3 Å². The summed E-state index contributed by atoms with van der Waals surface area (Å²) >= 11 is 0. The summed E-state index contributed by atoms with van der Waals surface area (Å²) in [6, 6.07) is 19.8. The number of hydrogen-bond acceptors (Lipinski definition) is 1. The molecule has 1 heterocycles. The van der Waals surface area contributed by atoms with Gasteiger partial charge in [-0.3, -0.25) is 4.90 Å². The zero-order chi connectivity index (χ0) is 14.0. The lowest BCUT2D eigenvalue weighted by atomic mass is 9.75. The molecule has 2 aromatic carbocycles. The van der Waals surface area contributed by atoms with Crippen molar-refractivity contribution in [2.24, 2.45) is 0 Å². The van der Waals surface area contributed by atoms with Crippen molar-refractivity contribution in [3.63, 3.8) is 0 Å². The Balaban J connectivity index is 1.87. The van der Waals surface area contributed by atoms with Crippen LogP contribution in [0.3, 0.4) is 0 Å². The molecule has 0 fully saturated rings. The third-order valence-corrected chi connectivity index (χ3v) is 4.66. The van der Waals surface area contributed by atoms with Crippen molar-refractivity contribution in [1.82, 2.24) is 4.90 Å². The molecule has 0 aliphatic carbocycles. The maximum atomic E-state index is 2.58. The SMILES string of the molecule is CCC1(C)CN(Cc2ccccc2)Cc2ccccc21. The standard InChI is InChI=1S/C19H23N/c1-3-19(2)15-20(13-16-9-5-4-6-10-16)14-17-11-7-8-12-18(17)19/h4-12H,3,13-15H2,1-2H3. The maximum Gasteiger partial charge on any atom is 0.0240 e. The Kier molecular flexibility index (Phi) is 3.62. The maximum absolute atomic E-state index is 2.58. The Morgan fingerprint density at radius 1 is 1.00 bits per heavy atom. The highest BCUT2D eigenvalue weighted by molar-refractivity contribution is 5.36. The highest BCUT2D eigenvalue weighted by Crippen LogP contribution is 2.36. The van der Waals surface area contributed by atoms with Crippen LogP contribution in [-0.4, -0.2) is 11.4 Å². The second-order valence-corrected chi connectivity index (χ2v) is 6.20. The van der Waals surface area contributed by atoms with Gasteiger partial charge in [0, 0.05) is 25.0 Å². The molecule has 1 aliphatic rings. The van der Waals surface area contributed by atoms with Gasteiger partial charge < -0.3 is 0 Å². The van der Waals surface area contributed by atoms with Crippen molar-refractivity contribution in [2.75, 3.05) is 6.54 Å². The topological polar surface area (TPSA) is 3.24 Å². The summed E-state index contributed by atoms with van der Waals surface area (Å²) in [5.74, 6) is 0. The van der Waals surface area contributed by atoms with E-state index >= 15 is 0 Å². The van der Waals surface area contributed by atoms with Gasteiger partial charge in [-0.1, -0.05) is 68.4 Å². The van der Waals surface area contributed by atoms with Gasteiger partial charge in [0.25, 0.3) is 0 Å². The average Bonchev–Trinajstić information content (AvgIpc) is 2.48. The zero-order valence-corrected chi connectivity index (χ0v) is 12.5. The summed E-state index contributed by atoms with van der Waals surface area (Å²) in [5, 5.41) is 0. The minimum atomic E-state index is 0.281. The summed E-state index contributed by atoms with van der Waals surface area (Å²) in [7, 11) is 0. The van der Waals surface area contributed by atoms with Crippen molar-refractivity contribution in [3.8, 4) is 0 Å². The molecule has 1 heteroatoms. The fourth-order valence-electron chi connectivity index (χ4n) is 3.38. The Bertz CT molecular complexity index is 575. The van der Waals surface area contributed by atoms with Crippen LogP contribution in [0.1, 0.15) is 37.0 Å². The number of rotatable bonds is 3. The average molecular weight is 265 g/mol. The van der Waals surface area contributed by atoms with E-state index in [4.69, 9.17) is 0 Å². The fraction of sp³-hybridized carbons (Fsp3) is 0.368. The van der Waals surface area contributed by atoms with Gasteiger partial charge >= 0.3 is 0 Å². The van der Waals surface area contributed by atoms with E-state index in [1.54, 1.807) is 5.56 Å². The zero-order valence-electron chi connectivity index (χ0n) is 12.5. The summed E-state index contributed by atoms with van der Waals surface area (Å²) in [5.41, 5.74) is 4.74. The van der Waals surface area contributed by atoms with E-state index in [1.807, 2.05) is 0 Å². The van der Waals surface area contributed by atoms with Crippen LogP contribution >= 0.6 is 0 Å². The first kappa shape index (κ1) is 13.4. The quantitative estimate of drug-likeness (QED) is 0.796. The lowest BCUT2D eigenvalue weighted by molar-refractivity contribution is 0.173. The molecule has 1 unspecified atom stereocenters. The summed E-state index contributed by atoms with van der Waals surface area (Å²) in [4.78, 5) is 2.58. The molecule has 104 valence electrons. The molecule has 20 heavy (non-hydrogen) atoms. The van der Waals surface area contributed by atoms with Crippen molar-refractivity contribution < 1.29 is 0 Å². The molecule has 0 saturated carbocycles. The molecule has 1 nitrogen and oxygen atoms in total. The van der Waals surface area contributed by atoms with E-state index in [2.05, 4.69) is 73.3 Å². The number of hydrogen-bond donors (Lipinski definition) is 0. The molecule has 0 spiro atoms. The smallest absolute Gasteiger partial charge is 0.0240 e. The van der Waals surface area contributed by atoms with E-state index < -0.39 is 0 Å². The highest BCUT2D eigenvalue weighted by Gasteiger charge is 2.33. The van der Waals surface area contributed by atoms with E-state index in [1.165, 1.54) is 17.5 Å². The molecule has 0 bridgehead atoms. The number of fused-ring (bicyclic) bond motifs is 1. The van der Waals surface area contributed by atoms with Crippen LogP contribution in [0.15, 0.2) is 54.6 Å². The van der Waals surface area contributed by atoms with Gasteiger partial charge in [0.1, 0.15) is 0 Å². The third-order valence-electron chi connectivity index (χ3n) is 4.66. The van der Waals surface area contributed by atoms with E-state index in [0.717, 1.165) is 19.6 Å². The van der Waals surface area contributed by atoms with Crippen molar-refractivity contribution in [2.45, 2.75) is 38.8 Å². The minimum Gasteiger partial charge on any atom is -0.294 e. The number of nitrogens with zero attached hydrogens (tertiary/aromatic N) is 1. The van der Waals surface area contributed by atoms with Gasteiger partial charge in [-0.2, -0.15) is 0 Å². The lowest BCUT2D eigenvalue weighted by Crippen LogP contribution is -2.43. The van der Waals surface area contributed by atoms with E-state index in [-0.39, 0.29) is 5.41 Å². The van der Waals surface area contributed by atoms with Crippen molar-refractivity contribution >= 4 is 0 Å². The van der Waals surface area contributed by atoms with Crippen LogP contribution < -0.4 is 0 Å². The molecule has 0 amide bonds. The van der Waals surface area contributed by atoms with Gasteiger partial charge in [0.05, 0.1) is 0 Å². The molecule has 0 aromatic heterocycles. The molecule has 0 N–H and O–H groups in total. The van der Waals surface area contributed by atoms with Crippen LogP contribution in [0.5, 0.6) is 0 Å². The Morgan fingerprint density at radius 2 is 1.70 bits per heavy atom. The van der Waals surface area contributed by atoms with Crippen LogP contribution in [-0.2, 0) is 18.5 Å². The van der Waals surface area contributed by atoms with Gasteiger partial charge in [0.2, 0.25) is 0 Å². The molecule has 1 aliphatic heterocycles. The monoisotopic (exact) mass is 265 g/mol. The predicted octanol–water partition coefficient (Wildman–Crippen LogP) is 4.37. The first-order valence-corrected chi connectivity index (χ1v) is 7.56. The van der Waals surface area contributed by atoms with E-state index in [0.29, 0.717) is 0 Å². The van der Waals surface area contributed by atoms with Crippen molar-refractivity contribution in [1.29, 1.82) is 0 Å². The van der Waals surface area contributed by atoms with Crippen LogP contribution in [0.4, 0.5) is 0 Å². The van der Waals surface area contributed by atoms with Crippen LogP contribution in [0.2, 0.25) is 0 Å². The molecular weight excluding hydrogens is 242 g/mol. The molecule has 0 saturated heterocycles. The van der Waals surface area contributed by atoms with Gasteiger partial charge in [-0.25, -0.2) is 0 Å². The van der Waals surface area contributed by atoms with Gasteiger partial charge in [-0.15, -0.1) is 0 Å². The molecule has 0 radical (unpaired) electrons. The number of benzene rings is 2. The van der Waals surface area contributed by atoms with Gasteiger partial charge in [-0.05, 0) is 23.1 Å². The van der Waals surface area contributed by atoms with Gasteiger partial charge in [0.15, 0.2) is 0 Å². The van der Waals surface area contributed by atoms with Crippen LogP contribution in [0.25, 0.3) is 0 Å². The second-order valence-electron chi connectivity index (χ2n) is 6.20. The first-order valence-electron chi connectivity index (χ1n) is 7.56. The molecule has 3 rings (SSSR count). The molecular formula is C19H23N. The van der Waals surface area contributed by atoms with E-state index in [9.17, 15) is 0 Å². The Hall–Kier alpha value is -1.60. The van der Waals surface area contributed by atoms with Crippen LogP contribution in [0, 0.1) is 0 Å². The summed E-state index contributed by atoms with van der Waals surface area (Å²) in [6.07, 6.45) is 1.19. The lowest BCUT2D eigenvalue weighted by Gasteiger charge is -2.42. The normalized spacial score (nSPS) is 22.5. The highest BCUT2D eigenvalue weighted by atomic mass is 15.1. The second kappa shape index (κ2) is 5.41. The summed E-state index contributed by atoms with van der Waals surface area (Å²) in [6.45, 7) is 7.98. The Labute approximate surface area is 122 Å². The first-order chi connectivity index (χ1) is 9.71. The molecule has 1 atom stereocenters. The largest absolute Gasteiger partial charge is 0.294 e.